The van der Waals surface area contributed by atoms with Gasteiger partial charge in [0.2, 0.25) is 0 Å². The Morgan fingerprint density at radius 2 is 1.58 bits per heavy atom. The molecule has 2 unspecified atom stereocenters. The average molecular weight is 536 g/mol. The highest BCUT2D eigenvalue weighted by atomic mass is 32.2. The molecule has 1 amide bonds. The lowest BCUT2D eigenvalue weighted by Gasteiger charge is -2.22. The van der Waals surface area contributed by atoms with Crippen LogP contribution in [-0.2, 0) is 21.2 Å². The molecule has 0 spiro atoms. The van der Waals surface area contributed by atoms with E-state index in [1.807, 2.05) is 48.5 Å². The Kier molecular flexibility index (Phi) is 7.88. The Labute approximate surface area is 224 Å². The van der Waals surface area contributed by atoms with Crippen molar-refractivity contribution in [1.82, 2.24) is 4.90 Å². The van der Waals surface area contributed by atoms with E-state index in [9.17, 15) is 13.2 Å². The maximum atomic E-state index is 13.8. The molecular weight excluding hydrogens is 502 g/mol. The summed E-state index contributed by atoms with van der Waals surface area (Å²) in [5, 5.41) is -0.832. The van der Waals surface area contributed by atoms with E-state index >= 15 is 0 Å². The second-order valence-electron chi connectivity index (χ2n) is 9.88. The van der Waals surface area contributed by atoms with Crippen LogP contribution in [0, 0.1) is 0 Å². The molecule has 1 heterocycles. The fourth-order valence-electron chi connectivity index (χ4n) is 5.35. The SMILES string of the molecule is COc1ccc(C2CN(C(=O)OCc3ccccc3)CC2S(=O)(=O)c2ccccc2)cc1OC1CCCC1. The Morgan fingerprint density at radius 3 is 2.26 bits per heavy atom. The lowest BCUT2D eigenvalue weighted by atomic mass is 9.97. The number of benzene rings is 3. The third kappa shape index (κ3) is 5.65. The number of amides is 1. The summed E-state index contributed by atoms with van der Waals surface area (Å²) in [5.74, 6) is 0.763. The van der Waals surface area contributed by atoms with Crippen molar-refractivity contribution in [3.8, 4) is 11.5 Å². The normalized spacial score (nSPS) is 19.9. The number of ether oxygens (including phenoxy) is 3. The van der Waals surface area contributed by atoms with Gasteiger partial charge in [0.25, 0.3) is 0 Å². The van der Waals surface area contributed by atoms with Crippen molar-refractivity contribution < 1.29 is 27.4 Å². The van der Waals surface area contributed by atoms with Crippen LogP contribution in [0.5, 0.6) is 11.5 Å². The van der Waals surface area contributed by atoms with Gasteiger partial charge in [0.15, 0.2) is 21.3 Å². The first-order valence-electron chi connectivity index (χ1n) is 13.0. The van der Waals surface area contributed by atoms with E-state index < -0.39 is 27.1 Å². The minimum atomic E-state index is -3.74. The summed E-state index contributed by atoms with van der Waals surface area (Å²) >= 11 is 0. The second-order valence-corrected chi connectivity index (χ2v) is 12.0. The van der Waals surface area contributed by atoms with Crippen LogP contribution in [0.25, 0.3) is 0 Å². The molecule has 3 aromatic rings. The fourth-order valence-corrected chi connectivity index (χ4v) is 7.29. The lowest BCUT2D eigenvalue weighted by Crippen LogP contribution is -2.32. The molecule has 0 aromatic heterocycles. The standard InChI is InChI=1S/C30H33NO6S/c1-35-27-17-16-23(18-28(27)37-24-12-8-9-13-24)26-19-31(30(32)36-21-22-10-4-2-5-11-22)20-29(26)38(33,34)25-14-6-3-7-15-25/h2-7,10-11,14-18,24,26,29H,8-9,12-13,19-21H2,1H3. The molecule has 1 aliphatic heterocycles. The van der Waals surface area contributed by atoms with Crippen molar-refractivity contribution in [2.75, 3.05) is 20.2 Å². The maximum Gasteiger partial charge on any atom is 0.410 e. The van der Waals surface area contributed by atoms with Gasteiger partial charge in [-0.15, -0.1) is 0 Å². The van der Waals surface area contributed by atoms with Crippen molar-refractivity contribution in [1.29, 1.82) is 0 Å². The Bertz CT molecular complexity index is 1340. The molecule has 38 heavy (non-hydrogen) atoms. The predicted octanol–water partition coefficient (Wildman–Crippen LogP) is 5.60. The van der Waals surface area contributed by atoms with Gasteiger partial charge in [-0.1, -0.05) is 54.6 Å². The maximum absolute atomic E-state index is 13.8. The molecule has 0 radical (unpaired) electrons. The van der Waals surface area contributed by atoms with Crippen LogP contribution >= 0.6 is 0 Å². The van der Waals surface area contributed by atoms with E-state index in [0.29, 0.717) is 11.5 Å². The summed E-state index contributed by atoms with van der Waals surface area (Å²) in [6.07, 6.45) is 3.84. The summed E-state index contributed by atoms with van der Waals surface area (Å²) in [7, 11) is -2.15. The van der Waals surface area contributed by atoms with Gasteiger partial charge in [0.1, 0.15) is 6.61 Å². The van der Waals surface area contributed by atoms with Crippen LogP contribution in [0.4, 0.5) is 4.79 Å². The highest BCUT2D eigenvalue weighted by molar-refractivity contribution is 7.92. The molecule has 2 aliphatic rings. The van der Waals surface area contributed by atoms with Crippen molar-refractivity contribution in [2.24, 2.45) is 0 Å². The van der Waals surface area contributed by atoms with Crippen LogP contribution in [-0.4, -0.2) is 51.0 Å². The van der Waals surface area contributed by atoms with E-state index in [2.05, 4.69) is 0 Å². The molecule has 2 atom stereocenters. The van der Waals surface area contributed by atoms with Crippen LogP contribution in [0.15, 0.2) is 83.8 Å². The molecule has 3 aromatic carbocycles. The Hall–Kier alpha value is -3.52. The van der Waals surface area contributed by atoms with Crippen LogP contribution in [0.3, 0.4) is 0 Å². The number of carbonyl (C=O) groups is 1. The lowest BCUT2D eigenvalue weighted by molar-refractivity contribution is 0.104. The fraction of sp³-hybridized carbons (Fsp3) is 0.367. The van der Waals surface area contributed by atoms with Crippen LogP contribution in [0.1, 0.15) is 42.7 Å². The predicted molar refractivity (Wildman–Crippen MR) is 144 cm³/mol. The number of nitrogens with zero attached hydrogens (tertiary/aromatic N) is 1. The third-order valence-electron chi connectivity index (χ3n) is 7.41. The number of rotatable bonds is 8. The van der Waals surface area contributed by atoms with Gasteiger partial charge < -0.3 is 19.1 Å². The summed E-state index contributed by atoms with van der Waals surface area (Å²) < 4.78 is 45.0. The van der Waals surface area contributed by atoms with Gasteiger partial charge in [-0.3, -0.25) is 0 Å². The van der Waals surface area contributed by atoms with Gasteiger partial charge >= 0.3 is 6.09 Å². The number of hydrogen-bond donors (Lipinski definition) is 0. The Morgan fingerprint density at radius 1 is 0.895 bits per heavy atom. The highest BCUT2D eigenvalue weighted by Crippen LogP contribution is 2.40. The Balaban J connectivity index is 1.44. The van der Waals surface area contributed by atoms with Gasteiger partial charge in [-0.25, -0.2) is 13.2 Å². The summed E-state index contributed by atoms with van der Waals surface area (Å²) in [4.78, 5) is 14.8. The molecule has 0 N–H and O–H groups in total. The summed E-state index contributed by atoms with van der Waals surface area (Å²) in [5.41, 5.74) is 1.66. The number of hydrogen-bond acceptors (Lipinski definition) is 6. The molecule has 7 nitrogen and oxygen atoms in total. The molecule has 1 aliphatic carbocycles. The molecule has 0 bridgehead atoms. The molecule has 8 heteroatoms. The first-order valence-corrected chi connectivity index (χ1v) is 14.6. The summed E-state index contributed by atoms with van der Waals surface area (Å²) in [6, 6.07) is 23.4. The number of sulfone groups is 1. The quantitative estimate of drug-likeness (QED) is 0.374. The van der Waals surface area contributed by atoms with Crippen LogP contribution < -0.4 is 9.47 Å². The second kappa shape index (κ2) is 11.5. The van der Waals surface area contributed by atoms with Crippen molar-refractivity contribution in [3.05, 3.63) is 90.0 Å². The van der Waals surface area contributed by atoms with E-state index in [4.69, 9.17) is 14.2 Å². The van der Waals surface area contributed by atoms with Gasteiger partial charge in [0.05, 0.1) is 23.4 Å². The van der Waals surface area contributed by atoms with Crippen molar-refractivity contribution in [2.45, 2.75) is 54.5 Å². The van der Waals surface area contributed by atoms with E-state index in [1.54, 1.807) is 37.4 Å². The molecule has 2 fully saturated rings. The van der Waals surface area contributed by atoms with Gasteiger partial charge in [0, 0.05) is 19.0 Å². The van der Waals surface area contributed by atoms with E-state index in [1.165, 1.54) is 4.90 Å². The molecule has 1 saturated heterocycles. The van der Waals surface area contributed by atoms with E-state index in [0.717, 1.165) is 36.8 Å². The minimum absolute atomic E-state index is 0.0420. The number of carbonyl (C=O) groups excluding carboxylic acids is 1. The smallest absolute Gasteiger partial charge is 0.410 e. The zero-order valence-corrected chi connectivity index (χ0v) is 22.3. The first-order chi connectivity index (χ1) is 18.5. The number of likely N-dealkylation sites (tertiary alicyclic amines) is 1. The zero-order chi connectivity index (χ0) is 26.5. The van der Waals surface area contributed by atoms with Crippen molar-refractivity contribution in [3.63, 3.8) is 0 Å². The molecule has 200 valence electrons. The minimum Gasteiger partial charge on any atom is -0.493 e. The third-order valence-corrected chi connectivity index (χ3v) is 9.62. The highest BCUT2D eigenvalue weighted by Gasteiger charge is 2.45. The van der Waals surface area contributed by atoms with Crippen LogP contribution in [0.2, 0.25) is 0 Å². The van der Waals surface area contributed by atoms with E-state index in [-0.39, 0.29) is 30.7 Å². The molecule has 5 rings (SSSR count). The van der Waals surface area contributed by atoms with Gasteiger partial charge in [-0.2, -0.15) is 0 Å². The summed E-state index contributed by atoms with van der Waals surface area (Å²) in [6.45, 7) is 0.388. The zero-order valence-electron chi connectivity index (χ0n) is 21.5. The largest absolute Gasteiger partial charge is 0.493 e. The van der Waals surface area contributed by atoms with Gasteiger partial charge in [-0.05, 0) is 61.1 Å². The average Bonchev–Trinajstić information content (AvgIpc) is 3.64. The monoisotopic (exact) mass is 535 g/mol. The van der Waals surface area contributed by atoms with Crippen molar-refractivity contribution >= 4 is 15.9 Å². The molecular formula is C30H33NO6S. The number of methoxy groups -OCH3 is 1. The first kappa shape index (κ1) is 26.1. The molecule has 1 saturated carbocycles. The topological polar surface area (TPSA) is 82.1 Å².